The number of aromatic amines is 1. The second-order valence-electron chi connectivity index (χ2n) is 6.38. The zero-order chi connectivity index (χ0) is 18.3. The minimum absolute atomic E-state index is 0.200. The van der Waals surface area contributed by atoms with Crippen molar-refractivity contribution in [3.05, 3.63) is 70.1 Å². The molecule has 1 aliphatic rings. The zero-order valence-electron chi connectivity index (χ0n) is 13.9. The third-order valence-electron chi connectivity index (χ3n) is 4.83. The van der Waals surface area contributed by atoms with Crippen LogP contribution in [0.4, 0.5) is 0 Å². The molecule has 0 spiro atoms. The Hall–Kier alpha value is -3.35. The highest BCUT2D eigenvalue weighted by atomic mass is 16.4. The first kappa shape index (κ1) is 16.1. The van der Waals surface area contributed by atoms with E-state index in [-0.39, 0.29) is 25.2 Å². The Morgan fingerprint density at radius 3 is 2.54 bits per heavy atom. The van der Waals surface area contributed by atoms with E-state index < -0.39 is 17.9 Å². The average molecular weight is 351 g/mol. The lowest BCUT2D eigenvalue weighted by Gasteiger charge is -2.34. The first-order chi connectivity index (χ1) is 12.5. The third kappa shape index (κ3) is 2.67. The number of aliphatic carboxylic acids is 1. The second-order valence-corrected chi connectivity index (χ2v) is 6.38. The molecule has 1 atom stereocenters. The number of amides is 1. The minimum Gasteiger partial charge on any atom is -0.480 e. The fourth-order valence-electron chi connectivity index (χ4n) is 3.50. The number of carboxylic acids is 1. The van der Waals surface area contributed by atoms with Gasteiger partial charge < -0.3 is 15.0 Å². The summed E-state index contributed by atoms with van der Waals surface area (Å²) in [6.45, 7) is 0.0257. The number of para-hydroxylation sites is 2. The molecule has 0 saturated carbocycles. The Labute approximate surface area is 148 Å². The van der Waals surface area contributed by atoms with Gasteiger partial charge >= 0.3 is 11.7 Å². The van der Waals surface area contributed by atoms with E-state index in [4.69, 9.17) is 0 Å². The molecule has 132 valence electrons. The number of rotatable bonds is 3. The van der Waals surface area contributed by atoms with Crippen LogP contribution in [0.2, 0.25) is 0 Å². The van der Waals surface area contributed by atoms with Crippen LogP contribution in [0.1, 0.15) is 11.1 Å². The Kier molecular flexibility index (Phi) is 3.84. The van der Waals surface area contributed by atoms with Gasteiger partial charge in [-0.1, -0.05) is 36.4 Å². The maximum atomic E-state index is 12.9. The summed E-state index contributed by atoms with van der Waals surface area (Å²) in [6, 6.07) is 13.7. The number of fused-ring (bicyclic) bond motifs is 2. The number of hydrogen-bond donors (Lipinski definition) is 2. The van der Waals surface area contributed by atoms with Crippen molar-refractivity contribution in [3.8, 4) is 0 Å². The van der Waals surface area contributed by atoms with Gasteiger partial charge in [-0.3, -0.25) is 9.36 Å². The number of aromatic nitrogens is 2. The van der Waals surface area contributed by atoms with Gasteiger partial charge in [0, 0.05) is 13.0 Å². The van der Waals surface area contributed by atoms with E-state index in [9.17, 15) is 19.5 Å². The Balaban J connectivity index is 1.67. The topological polar surface area (TPSA) is 95.4 Å². The van der Waals surface area contributed by atoms with Crippen LogP contribution in [-0.2, 0) is 29.1 Å². The molecule has 26 heavy (non-hydrogen) atoms. The second kappa shape index (κ2) is 6.18. The summed E-state index contributed by atoms with van der Waals surface area (Å²) >= 11 is 0. The molecule has 2 aromatic carbocycles. The molecule has 0 bridgehead atoms. The Bertz CT molecular complexity index is 1070. The van der Waals surface area contributed by atoms with Crippen LogP contribution in [0.15, 0.2) is 53.3 Å². The van der Waals surface area contributed by atoms with E-state index in [1.54, 1.807) is 24.3 Å². The van der Waals surface area contributed by atoms with Crippen molar-refractivity contribution < 1.29 is 14.7 Å². The molecule has 1 aromatic heterocycles. The zero-order valence-corrected chi connectivity index (χ0v) is 13.9. The van der Waals surface area contributed by atoms with Gasteiger partial charge in [0.15, 0.2) is 0 Å². The molecule has 7 heteroatoms. The summed E-state index contributed by atoms with van der Waals surface area (Å²) in [5.41, 5.74) is 2.75. The fourth-order valence-corrected chi connectivity index (χ4v) is 3.50. The Morgan fingerprint density at radius 2 is 1.77 bits per heavy atom. The molecule has 1 amide bonds. The SMILES string of the molecule is O=C(O)[C@H]1Cc2ccccc2CN1C(=O)Cn1c(=O)[nH]c2ccccc21. The largest absolute Gasteiger partial charge is 0.480 e. The minimum atomic E-state index is -1.04. The average Bonchev–Trinajstić information content (AvgIpc) is 2.96. The first-order valence-electron chi connectivity index (χ1n) is 8.31. The maximum absolute atomic E-state index is 12.9. The smallest absolute Gasteiger partial charge is 0.326 e. The maximum Gasteiger partial charge on any atom is 0.326 e. The van der Waals surface area contributed by atoms with Crippen molar-refractivity contribution in [2.45, 2.75) is 25.6 Å². The lowest BCUT2D eigenvalue weighted by atomic mass is 9.94. The van der Waals surface area contributed by atoms with E-state index in [0.29, 0.717) is 11.0 Å². The summed E-state index contributed by atoms with van der Waals surface area (Å²) in [6.07, 6.45) is 0.264. The first-order valence-corrected chi connectivity index (χ1v) is 8.31. The molecule has 0 unspecified atom stereocenters. The summed E-state index contributed by atoms with van der Waals surface area (Å²) in [7, 11) is 0. The number of nitrogens with one attached hydrogen (secondary N) is 1. The third-order valence-corrected chi connectivity index (χ3v) is 4.83. The monoisotopic (exact) mass is 351 g/mol. The molecule has 2 heterocycles. The van der Waals surface area contributed by atoms with Crippen LogP contribution < -0.4 is 5.69 Å². The molecule has 3 aromatic rings. The molecule has 0 saturated heterocycles. The highest BCUT2D eigenvalue weighted by Crippen LogP contribution is 2.24. The van der Waals surface area contributed by atoms with Gasteiger partial charge in [-0.25, -0.2) is 9.59 Å². The van der Waals surface area contributed by atoms with E-state index in [1.165, 1.54) is 9.47 Å². The van der Waals surface area contributed by atoms with Crippen LogP contribution in [0.5, 0.6) is 0 Å². The number of H-pyrrole nitrogens is 1. The van der Waals surface area contributed by atoms with Gasteiger partial charge in [0.05, 0.1) is 11.0 Å². The van der Waals surface area contributed by atoms with Crippen molar-refractivity contribution in [3.63, 3.8) is 0 Å². The van der Waals surface area contributed by atoms with Crippen molar-refractivity contribution in [2.24, 2.45) is 0 Å². The molecule has 0 fully saturated rings. The van der Waals surface area contributed by atoms with Crippen LogP contribution in [0.3, 0.4) is 0 Å². The van der Waals surface area contributed by atoms with Crippen molar-refractivity contribution in [1.29, 1.82) is 0 Å². The predicted molar refractivity (Wildman–Crippen MR) is 94.7 cm³/mol. The van der Waals surface area contributed by atoms with Gasteiger partial charge in [-0.2, -0.15) is 0 Å². The number of carbonyl (C=O) groups excluding carboxylic acids is 1. The van der Waals surface area contributed by atoms with E-state index >= 15 is 0 Å². The highest BCUT2D eigenvalue weighted by Gasteiger charge is 2.34. The van der Waals surface area contributed by atoms with E-state index in [0.717, 1.165) is 11.1 Å². The lowest BCUT2D eigenvalue weighted by molar-refractivity contribution is -0.151. The van der Waals surface area contributed by atoms with Crippen LogP contribution in [0, 0.1) is 0 Å². The molecular weight excluding hydrogens is 334 g/mol. The number of benzene rings is 2. The van der Waals surface area contributed by atoms with Crippen molar-refractivity contribution >= 4 is 22.9 Å². The summed E-state index contributed by atoms with van der Waals surface area (Å²) in [4.78, 5) is 40.8. The summed E-state index contributed by atoms with van der Waals surface area (Å²) in [5, 5.41) is 9.57. The van der Waals surface area contributed by atoms with Gasteiger partial charge in [-0.05, 0) is 23.3 Å². The van der Waals surface area contributed by atoms with Crippen molar-refractivity contribution in [1.82, 2.24) is 14.5 Å². The number of nitrogens with zero attached hydrogens (tertiary/aromatic N) is 2. The van der Waals surface area contributed by atoms with Crippen molar-refractivity contribution in [2.75, 3.05) is 0 Å². The van der Waals surface area contributed by atoms with E-state index in [2.05, 4.69) is 4.98 Å². The van der Waals surface area contributed by atoms with Crippen LogP contribution in [0.25, 0.3) is 11.0 Å². The molecule has 4 rings (SSSR count). The standard InChI is InChI=1S/C19H17N3O4/c23-17(11-22-15-8-4-3-7-14(15)20-19(22)26)21-10-13-6-2-1-5-12(13)9-16(21)18(24)25/h1-8,16H,9-11H2,(H,20,26)(H,24,25)/t16-/m1/s1. The summed E-state index contributed by atoms with van der Waals surface area (Å²) in [5.74, 6) is -1.43. The molecule has 7 nitrogen and oxygen atoms in total. The number of imidazole rings is 1. The van der Waals surface area contributed by atoms with Crippen LogP contribution in [-0.4, -0.2) is 37.5 Å². The van der Waals surface area contributed by atoms with Gasteiger partial charge in [0.1, 0.15) is 12.6 Å². The molecule has 1 aliphatic heterocycles. The molecule has 2 N–H and O–H groups in total. The normalized spacial score (nSPS) is 16.5. The summed E-state index contributed by atoms with van der Waals surface area (Å²) < 4.78 is 1.34. The molecule has 0 radical (unpaired) electrons. The fraction of sp³-hybridized carbons (Fsp3) is 0.211. The number of carbonyl (C=O) groups is 2. The van der Waals surface area contributed by atoms with Crippen LogP contribution >= 0.6 is 0 Å². The number of hydrogen-bond acceptors (Lipinski definition) is 3. The molecular formula is C19H17N3O4. The predicted octanol–water partition coefficient (Wildman–Crippen LogP) is 1.37. The van der Waals surface area contributed by atoms with Gasteiger partial charge in [0.25, 0.3) is 0 Å². The van der Waals surface area contributed by atoms with Gasteiger partial charge in [-0.15, -0.1) is 0 Å². The highest BCUT2D eigenvalue weighted by molar-refractivity contribution is 5.85. The lowest BCUT2D eigenvalue weighted by Crippen LogP contribution is -2.50. The Morgan fingerprint density at radius 1 is 1.08 bits per heavy atom. The molecule has 0 aliphatic carbocycles. The quantitative estimate of drug-likeness (QED) is 0.745. The van der Waals surface area contributed by atoms with E-state index in [1.807, 2.05) is 24.3 Å². The van der Waals surface area contributed by atoms with Gasteiger partial charge in [0.2, 0.25) is 5.91 Å². The number of carboxylic acid groups (broad SMARTS) is 1.